The van der Waals surface area contributed by atoms with Gasteiger partial charge in [-0.05, 0) is 19.8 Å². The molecule has 0 spiro atoms. The van der Waals surface area contributed by atoms with Gasteiger partial charge in [-0.3, -0.25) is 0 Å². The normalized spacial score (nSPS) is 8.54. The Morgan fingerprint density at radius 3 is 1.85 bits per heavy atom. The summed E-state index contributed by atoms with van der Waals surface area (Å²) in [6.45, 7) is 8.56. The maximum absolute atomic E-state index is 4.35. The van der Waals surface area contributed by atoms with Gasteiger partial charge in [0.15, 0.2) is 0 Å². The van der Waals surface area contributed by atoms with Crippen LogP contribution in [0.2, 0.25) is 0 Å². The maximum atomic E-state index is 4.35. The van der Waals surface area contributed by atoms with Crippen LogP contribution in [0.3, 0.4) is 0 Å². The van der Waals surface area contributed by atoms with Crippen LogP contribution in [0.5, 0.6) is 0 Å². The van der Waals surface area contributed by atoms with Crippen LogP contribution >= 0.6 is 11.3 Å². The molecule has 0 aromatic carbocycles. The Hall–Kier alpha value is 0.0601. The van der Waals surface area contributed by atoms with Crippen molar-refractivity contribution in [3.63, 3.8) is 0 Å². The topological polar surface area (TPSA) is 12.9 Å². The molecular weight excluding hydrogens is 281 g/mol. The molecule has 1 aromatic rings. The molecule has 0 aliphatic carbocycles. The van der Waals surface area contributed by atoms with E-state index in [0.29, 0.717) is 5.92 Å². The van der Waals surface area contributed by atoms with Crippen LogP contribution in [0.15, 0.2) is 0 Å². The molecule has 69 valence electrons. The van der Waals surface area contributed by atoms with Gasteiger partial charge in [0.2, 0.25) is 0 Å². The van der Waals surface area contributed by atoms with E-state index in [1.165, 1.54) is 15.6 Å². The number of hydrogen-bond donors (Lipinski definition) is 0. The monoisotopic (exact) mass is 296 g/mol. The van der Waals surface area contributed by atoms with Crippen LogP contribution < -0.4 is 0 Å². The number of aromatic nitrogens is 1. The van der Waals surface area contributed by atoms with Crippen molar-refractivity contribution in [2.45, 2.75) is 33.6 Å². The van der Waals surface area contributed by atoms with Crippen molar-refractivity contribution in [1.29, 1.82) is 0 Å². The first-order valence-electron chi connectivity index (χ1n) is 3.88. The predicted octanol–water partition coefficient (Wildman–Crippen LogP) is 2.75. The van der Waals surface area contributed by atoms with E-state index in [0.717, 1.165) is 0 Å². The quantitative estimate of drug-likeness (QED) is 0.726. The Morgan fingerprint density at radius 2 is 1.69 bits per heavy atom. The van der Waals surface area contributed by atoms with Crippen LogP contribution in [-0.4, -0.2) is 30.8 Å². The molecule has 0 bridgehead atoms. The number of aryl methyl sites for hydroxylation is 2. The van der Waals surface area contributed by atoms with E-state index in [4.69, 9.17) is 0 Å². The van der Waals surface area contributed by atoms with Gasteiger partial charge in [-0.15, -0.1) is 24.2 Å². The summed E-state index contributed by atoms with van der Waals surface area (Å²) in [4.78, 5) is 5.78. The minimum absolute atomic E-state index is 0. The van der Waals surface area contributed by atoms with Gasteiger partial charge in [0.05, 0.1) is 10.7 Å². The number of nitrogens with zero attached hydrogens (tertiary/aromatic N) is 1. The molecule has 1 nitrogen and oxygen atoms in total. The second-order valence-electron chi connectivity index (χ2n) is 2.84. The van der Waals surface area contributed by atoms with Crippen LogP contribution in [-0.2, 0) is 0 Å². The minimum Gasteiger partial charge on any atom is -0.247 e. The number of thiazole rings is 1. The van der Waals surface area contributed by atoms with Crippen molar-refractivity contribution in [2.75, 3.05) is 0 Å². The summed E-state index contributed by atoms with van der Waals surface area (Å²) in [7, 11) is 0. The largest absolute Gasteiger partial charge is 0.247 e. The molecule has 1 rings (SSSR count). The van der Waals surface area contributed by atoms with Gasteiger partial charge < -0.3 is 0 Å². The van der Waals surface area contributed by atoms with Crippen molar-refractivity contribution in [2.24, 2.45) is 0 Å². The molecule has 1 aromatic heterocycles. The number of hydrogen-bond acceptors (Lipinski definition) is 2. The van der Waals surface area contributed by atoms with Gasteiger partial charge in [-0.1, -0.05) is 13.8 Å². The van der Waals surface area contributed by atoms with Crippen LogP contribution in [0.25, 0.3) is 0 Å². The summed E-state index contributed by atoms with van der Waals surface area (Å²) in [5, 5.41) is 1.18. The number of rotatable bonds is 1. The van der Waals surface area contributed by atoms with E-state index in [9.17, 15) is 0 Å². The van der Waals surface area contributed by atoms with E-state index < -0.39 is 0 Å². The van der Waals surface area contributed by atoms with Crippen LogP contribution in [0, 0.1) is 26.7 Å². The van der Waals surface area contributed by atoms with Gasteiger partial charge in [0, 0.05) is 30.7 Å². The van der Waals surface area contributed by atoms with Crippen molar-refractivity contribution < 1.29 is 0 Å². The van der Waals surface area contributed by atoms with Crippen molar-refractivity contribution in [3.05, 3.63) is 15.6 Å². The van der Waals surface area contributed by atoms with Crippen molar-refractivity contribution in [1.82, 2.24) is 4.98 Å². The third-order valence-electron chi connectivity index (χ3n) is 1.46. The van der Waals surface area contributed by atoms with E-state index in [-0.39, 0.29) is 25.8 Å². The molecule has 0 fully saturated rings. The fourth-order valence-corrected chi connectivity index (χ4v) is 2.01. The predicted molar refractivity (Wildman–Crippen MR) is 61.3 cm³/mol. The Balaban J connectivity index is 0. The third-order valence-corrected chi connectivity index (χ3v) is 2.84. The molecule has 0 N–H and O–H groups in total. The molecule has 0 aliphatic rings. The number of terminal acetylenes is 1. The minimum atomic E-state index is 0. The molecule has 1 heterocycles. The molecule has 0 atom stereocenters. The Labute approximate surface area is 104 Å². The van der Waals surface area contributed by atoms with Crippen molar-refractivity contribution in [3.8, 4) is 12.8 Å². The molecular formula is C10H15InNS. The summed E-state index contributed by atoms with van der Waals surface area (Å²) in [5.41, 5.74) is 1.21. The van der Waals surface area contributed by atoms with E-state index in [1.54, 1.807) is 0 Å². The van der Waals surface area contributed by atoms with Crippen LogP contribution in [0.1, 0.15) is 35.3 Å². The second kappa shape index (κ2) is 7.46. The molecule has 0 aliphatic heterocycles. The summed E-state index contributed by atoms with van der Waals surface area (Å²) in [6.07, 6.45) is 8.00. The Bertz CT molecular complexity index is 263. The third kappa shape index (κ3) is 4.73. The fourth-order valence-electron chi connectivity index (χ4n) is 1.08. The summed E-state index contributed by atoms with van der Waals surface area (Å²) in [5.74, 6) is 0.631. The summed E-state index contributed by atoms with van der Waals surface area (Å²) < 4.78 is 0. The molecule has 0 unspecified atom stereocenters. The standard InChI is InChI=1S/C8H13NS.C2H2.In/c1-5(2)8-6(3)9-7(4)10-8;1-2;/h5H,1-4H3;1-2H;. The van der Waals surface area contributed by atoms with E-state index in [2.05, 4.69) is 45.5 Å². The SMILES string of the molecule is C#C.Cc1nc(C)c(C(C)C)s1.[In]. The average molecular weight is 296 g/mol. The van der Waals surface area contributed by atoms with Gasteiger partial charge in [0.25, 0.3) is 0 Å². The van der Waals surface area contributed by atoms with Gasteiger partial charge >= 0.3 is 0 Å². The van der Waals surface area contributed by atoms with E-state index in [1.807, 2.05) is 11.3 Å². The molecule has 3 radical (unpaired) electrons. The zero-order valence-corrected chi connectivity index (χ0v) is 12.8. The first-order valence-corrected chi connectivity index (χ1v) is 4.70. The molecule has 13 heavy (non-hydrogen) atoms. The smallest absolute Gasteiger partial charge is 0.0900 e. The van der Waals surface area contributed by atoms with Crippen molar-refractivity contribution >= 4 is 37.2 Å². The zero-order valence-electron chi connectivity index (χ0n) is 8.66. The first kappa shape index (κ1) is 15.5. The summed E-state index contributed by atoms with van der Waals surface area (Å²) >= 11 is 1.81. The molecule has 0 amide bonds. The fraction of sp³-hybridized carbons (Fsp3) is 0.500. The van der Waals surface area contributed by atoms with Gasteiger partial charge in [-0.25, -0.2) is 4.98 Å². The molecule has 0 saturated heterocycles. The first-order chi connectivity index (χ1) is 5.61. The molecule has 3 heteroatoms. The maximum Gasteiger partial charge on any atom is 0.0900 e. The Kier molecular flexibility index (Phi) is 8.91. The second-order valence-corrected chi connectivity index (χ2v) is 4.07. The Morgan fingerprint density at radius 1 is 1.23 bits per heavy atom. The van der Waals surface area contributed by atoms with Gasteiger partial charge in [-0.2, -0.15) is 0 Å². The average Bonchev–Trinajstić information content (AvgIpc) is 2.34. The zero-order chi connectivity index (χ0) is 9.72. The summed E-state index contributed by atoms with van der Waals surface area (Å²) in [6, 6.07) is 0. The molecule has 0 saturated carbocycles. The van der Waals surface area contributed by atoms with E-state index >= 15 is 0 Å². The van der Waals surface area contributed by atoms with Gasteiger partial charge in [0.1, 0.15) is 0 Å². The van der Waals surface area contributed by atoms with Crippen LogP contribution in [0.4, 0.5) is 0 Å².